The van der Waals surface area contributed by atoms with Gasteiger partial charge in [0, 0.05) is 7.05 Å². The van der Waals surface area contributed by atoms with E-state index in [2.05, 4.69) is 15.0 Å². The molecule has 10 heteroatoms. The van der Waals surface area contributed by atoms with E-state index in [9.17, 15) is 4.79 Å². The lowest BCUT2D eigenvalue weighted by Gasteiger charge is -2.25. The van der Waals surface area contributed by atoms with Crippen molar-refractivity contribution in [2.45, 2.75) is 26.2 Å². The van der Waals surface area contributed by atoms with Gasteiger partial charge in [-0.3, -0.25) is 4.79 Å². The summed E-state index contributed by atoms with van der Waals surface area (Å²) in [7, 11) is 2.94. The van der Waals surface area contributed by atoms with Gasteiger partial charge in [0.25, 0.3) is 6.47 Å². The molecule has 0 saturated heterocycles. The van der Waals surface area contributed by atoms with E-state index in [0.29, 0.717) is 23.0 Å². The van der Waals surface area contributed by atoms with Crippen molar-refractivity contribution in [3.05, 3.63) is 29.2 Å². The van der Waals surface area contributed by atoms with Gasteiger partial charge in [0.05, 0.1) is 43.0 Å². The first kappa shape index (κ1) is 23.0. The normalized spacial score (nSPS) is 13.9. The molecule has 1 amide bonds. The van der Waals surface area contributed by atoms with Crippen LogP contribution >= 0.6 is 0 Å². The Hall–Kier alpha value is -3.01. The maximum absolute atomic E-state index is 11.3. The van der Waals surface area contributed by atoms with Gasteiger partial charge in [-0.1, -0.05) is 6.42 Å². The van der Waals surface area contributed by atoms with E-state index in [0.717, 1.165) is 18.1 Å². The molecule has 0 radical (unpaired) electrons. The number of pyridine rings is 1. The number of nitrogens with zero attached hydrogens (tertiary/aromatic N) is 2. The topological polar surface area (TPSA) is 153 Å². The van der Waals surface area contributed by atoms with Crippen molar-refractivity contribution in [3.8, 4) is 5.75 Å². The van der Waals surface area contributed by atoms with Crippen molar-refractivity contribution in [1.29, 1.82) is 0 Å². The molecule has 2 rings (SSSR count). The van der Waals surface area contributed by atoms with Crippen molar-refractivity contribution >= 4 is 18.3 Å². The van der Waals surface area contributed by atoms with Crippen molar-refractivity contribution in [3.63, 3.8) is 0 Å². The first-order valence-electron chi connectivity index (χ1n) is 8.81. The molecule has 0 aromatic carbocycles. The molecule has 6 N–H and O–H groups in total. The van der Waals surface area contributed by atoms with Crippen molar-refractivity contribution in [2.75, 3.05) is 27.3 Å². The molecule has 1 heterocycles. The van der Waals surface area contributed by atoms with Crippen LogP contribution in [0.25, 0.3) is 5.70 Å². The van der Waals surface area contributed by atoms with Crippen LogP contribution in [-0.2, 0) is 9.53 Å². The molecular formula is C18H29N5O5. The van der Waals surface area contributed by atoms with Crippen LogP contribution in [0.2, 0.25) is 0 Å². The molecule has 1 aliphatic carbocycles. The lowest BCUT2D eigenvalue weighted by atomic mass is 9.86. The molecule has 1 saturated carbocycles. The summed E-state index contributed by atoms with van der Waals surface area (Å²) < 4.78 is 10.4. The highest BCUT2D eigenvalue weighted by Gasteiger charge is 2.19. The zero-order valence-corrected chi connectivity index (χ0v) is 16.5. The lowest BCUT2D eigenvalue weighted by molar-refractivity contribution is -0.122. The fourth-order valence-electron chi connectivity index (χ4n) is 2.50. The number of hydrogen-bond acceptors (Lipinski definition) is 8. The summed E-state index contributed by atoms with van der Waals surface area (Å²) >= 11 is 0. The smallest absolute Gasteiger partial charge is 0.407 e. The van der Waals surface area contributed by atoms with E-state index in [4.69, 9.17) is 26.2 Å². The molecule has 156 valence electrons. The summed E-state index contributed by atoms with van der Waals surface area (Å²) in [5.74, 6) is 7.25. The Morgan fingerprint density at radius 1 is 1.46 bits per heavy atom. The zero-order chi connectivity index (χ0) is 21.1. The Morgan fingerprint density at radius 2 is 2.11 bits per heavy atom. The standard InChI is InChI=1S/C17H27N5O3.CH2O2/c1-11-15(25-10-12-5-4-6-12)8-7-13(21-11)16(18)14(22(2)19)9-20-17(23)24-3;2-1-3/h7-8,12H,4-6,9-10,18-19H2,1-3H3,(H,20,23);1H,(H,2,3)/b16-14-;. The van der Waals surface area contributed by atoms with Gasteiger partial charge < -0.3 is 30.6 Å². The van der Waals surface area contributed by atoms with E-state index in [1.807, 2.05) is 13.0 Å². The molecule has 0 spiro atoms. The average Bonchev–Trinajstić information content (AvgIpc) is 2.61. The number of amides is 1. The lowest BCUT2D eigenvalue weighted by Crippen LogP contribution is -2.36. The number of methoxy groups -OCH3 is 1. The maximum Gasteiger partial charge on any atom is 0.407 e. The number of aryl methyl sites for hydroxylation is 1. The molecular weight excluding hydrogens is 366 g/mol. The summed E-state index contributed by atoms with van der Waals surface area (Å²) in [4.78, 5) is 24.1. The van der Waals surface area contributed by atoms with Crippen LogP contribution in [0.3, 0.4) is 0 Å². The first-order chi connectivity index (χ1) is 13.3. The second-order valence-electron chi connectivity index (χ2n) is 6.31. The van der Waals surface area contributed by atoms with Crippen LogP contribution < -0.4 is 21.6 Å². The summed E-state index contributed by atoms with van der Waals surface area (Å²) in [5.41, 5.74) is 8.45. The SMILES string of the molecule is COC(=O)NC/C(=C(/N)c1ccc(OCC2CCC2)c(C)n1)N(C)N.O=CO. The van der Waals surface area contributed by atoms with Gasteiger partial charge in [-0.2, -0.15) is 0 Å². The minimum Gasteiger partial charge on any atom is -0.491 e. The van der Waals surface area contributed by atoms with Gasteiger partial charge in [-0.25, -0.2) is 15.6 Å². The number of nitrogens with two attached hydrogens (primary N) is 2. The summed E-state index contributed by atoms with van der Waals surface area (Å²) in [6, 6.07) is 3.66. The predicted molar refractivity (Wildman–Crippen MR) is 104 cm³/mol. The van der Waals surface area contributed by atoms with Crippen LogP contribution in [0, 0.1) is 12.8 Å². The predicted octanol–water partition coefficient (Wildman–Crippen LogP) is 1.06. The molecule has 1 aromatic rings. The number of aromatic nitrogens is 1. The highest BCUT2D eigenvalue weighted by molar-refractivity contribution is 5.69. The van der Waals surface area contributed by atoms with Crippen LogP contribution in [-0.4, -0.2) is 55.0 Å². The third-order valence-electron chi connectivity index (χ3n) is 4.33. The Labute approximate surface area is 164 Å². The number of hydrogen-bond donors (Lipinski definition) is 4. The number of rotatable bonds is 7. The number of likely N-dealkylation sites (N-methyl/N-ethyl adjacent to an activating group) is 1. The Morgan fingerprint density at radius 3 is 2.57 bits per heavy atom. The minimum absolute atomic E-state index is 0.131. The third-order valence-corrected chi connectivity index (χ3v) is 4.33. The molecule has 0 atom stereocenters. The van der Waals surface area contributed by atoms with Crippen molar-refractivity contribution in [2.24, 2.45) is 17.5 Å². The third kappa shape index (κ3) is 6.95. The monoisotopic (exact) mass is 395 g/mol. The van der Waals surface area contributed by atoms with Crippen LogP contribution in [0.15, 0.2) is 17.8 Å². The fourth-order valence-corrected chi connectivity index (χ4v) is 2.50. The molecule has 0 unspecified atom stereocenters. The number of carbonyl (C=O) groups excluding carboxylic acids is 1. The molecule has 0 aliphatic heterocycles. The average molecular weight is 395 g/mol. The Balaban J connectivity index is 0.00000122. The molecule has 1 fully saturated rings. The Bertz CT molecular complexity index is 689. The fraction of sp³-hybridized carbons (Fsp3) is 0.500. The van der Waals surface area contributed by atoms with Gasteiger partial charge in [0.15, 0.2) is 0 Å². The van der Waals surface area contributed by atoms with Gasteiger partial charge in [-0.15, -0.1) is 0 Å². The van der Waals surface area contributed by atoms with E-state index >= 15 is 0 Å². The number of hydrazine groups is 1. The molecule has 10 nitrogen and oxygen atoms in total. The number of carbonyl (C=O) groups is 2. The second kappa shape index (κ2) is 11.7. The highest BCUT2D eigenvalue weighted by atomic mass is 16.5. The summed E-state index contributed by atoms with van der Waals surface area (Å²) in [5, 5.41) is 10.8. The molecule has 1 aliphatic rings. The number of nitrogens with one attached hydrogen (secondary N) is 1. The number of alkyl carbamates (subject to hydrolysis) is 1. The van der Waals surface area contributed by atoms with E-state index < -0.39 is 6.09 Å². The van der Waals surface area contributed by atoms with Crippen LogP contribution in [0.5, 0.6) is 5.75 Å². The van der Waals surface area contributed by atoms with E-state index in [1.165, 1.54) is 31.4 Å². The molecule has 28 heavy (non-hydrogen) atoms. The summed E-state index contributed by atoms with van der Waals surface area (Å²) in [6.07, 6.45) is 3.20. The second-order valence-corrected chi connectivity index (χ2v) is 6.31. The quantitative estimate of drug-likeness (QED) is 0.301. The van der Waals surface area contributed by atoms with E-state index in [-0.39, 0.29) is 13.0 Å². The van der Waals surface area contributed by atoms with Gasteiger partial charge in [0.1, 0.15) is 5.75 Å². The number of carboxylic acid groups (broad SMARTS) is 1. The number of ether oxygens (including phenoxy) is 2. The van der Waals surface area contributed by atoms with Gasteiger partial charge in [0.2, 0.25) is 0 Å². The van der Waals surface area contributed by atoms with E-state index in [1.54, 1.807) is 13.1 Å². The highest BCUT2D eigenvalue weighted by Crippen LogP contribution is 2.28. The largest absolute Gasteiger partial charge is 0.491 e. The van der Waals surface area contributed by atoms with Crippen LogP contribution in [0.4, 0.5) is 4.79 Å². The minimum atomic E-state index is -0.559. The molecule has 1 aromatic heterocycles. The summed E-state index contributed by atoms with van der Waals surface area (Å²) in [6.45, 7) is 2.49. The zero-order valence-electron chi connectivity index (χ0n) is 16.5. The molecule has 0 bridgehead atoms. The van der Waals surface area contributed by atoms with Crippen molar-refractivity contribution < 1.29 is 24.2 Å². The van der Waals surface area contributed by atoms with Gasteiger partial charge in [-0.05, 0) is 37.8 Å². The Kier molecular flexibility index (Phi) is 9.58. The van der Waals surface area contributed by atoms with Crippen LogP contribution in [0.1, 0.15) is 30.7 Å². The maximum atomic E-state index is 11.3. The van der Waals surface area contributed by atoms with Gasteiger partial charge >= 0.3 is 6.09 Å². The van der Waals surface area contributed by atoms with Crippen molar-refractivity contribution in [1.82, 2.24) is 15.3 Å². The first-order valence-corrected chi connectivity index (χ1v) is 8.81.